The van der Waals surface area contributed by atoms with Gasteiger partial charge < -0.3 is 49.8 Å². The van der Waals surface area contributed by atoms with Crippen LogP contribution < -0.4 is 15.4 Å². The van der Waals surface area contributed by atoms with Crippen molar-refractivity contribution in [1.82, 2.24) is 34.4 Å². The summed E-state index contributed by atoms with van der Waals surface area (Å²) in [5, 5.41) is 44.7. The molecule has 0 saturated carbocycles. The first-order valence-electron chi connectivity index (χ1n) is 23.9. The number of amides is 2. The molecule has 16 nitrogen and oxygen atoms in total. The van der Waals surface area contributed by atoms with E-state index in [9.17, 15) is 29.7 Å². The summed E-state index contributed by atoms with van der Waals surface area (Å²) in [5.74, 6) is -0.830. The van der Waals surface area contributed by atoms with Crippen LogP contribution in [0, 0.1) is 27.7 Å². The third kappa shape index (κ3) is 10.3. The van der Waals surface area contributed by atoms with Gasteiger partial charge >= 0.3 is 5.97 Å². The minimum absolute atomic E-state index is 0.170. The summed E-state index contributed by atoms with van der Waals surface area (Å²) in [6.07, 6.45) is 0.784. The number of piperidine rings is 1. The van der Waals surface area contributed by atoms with Crippen molar-refractivity contribution in [3.8, 4) is 16.9 Å². The normalized spacial score (nSPS) is 18.9. The number of anilines is 1. The molecule has 2 saturated heterocycles. The highest BCUT2D eigenvalue weighted by Gasteiger charge is 2.45. The predicted molar refractivity (Wildman–Crippen MR) is 261 cm³/mol. The van der Waals surface area contributed by atoms with Gasteiger partial charge in [0, 0.05) is 123 Å². The van der Waals surface area contributed by atoms with Gasteiger partial charge in [-0.2, -0.15) is 5.10 Å². The third-order valence-corrected chi connectivity index (χ3v) is 14.5. The molecule has 3 atom stereocenters. The van der Waals surface area contributed by atoms with Gasteiger partial charge in [0.1, 0.15) is 17.7 Å². The number of nitrogens with one attached hydrogen (secondary N) is 2. The van der Waals surface area contributed by atoms with Gasteiger partial charge in [-0.25, -0.2) is 4.79 Å². The van der Waals surface area contributed by atoms with Gasteiger partial charge in [-0.05, 0) is 101 Å². The number of hydrogen-bond donors (Lipinski definition) is 5. The quantitative estimate of drug-likeness (QED) is 0.0557. The summed E-state index contributed by atoms with van der Waals surface area (Å²) >= 11 is 6.39. The largest absolute Gasteiger partial charge is 0.494 e. The average molecular weight is 954 g/mol. The van der Waals surface area contributed by atoms with E-state index in [4.69, 9.17) is 26.2 Å². The van der Waals surface area contributed by atoms with E-state index < -0.39 is 24.5 Å². The molecule has 3 aliphatic heterocycles. The number of aliphatic hydroxyl groups excluding tert-OH is 2. The number of ether oxygens (including phenoxy) is 2. The number of carboxylic acids is 1. The number of benzene rings is 3. The molecular weight excluding hydrogens is 888 g/mol. The molecule has 0 bridgehead atoms. The highest BCUT2D eigenvalue weighted by Crippen LogP contribution is 2.41. The predicted octanol–water partition coefficient (Wildman–Crippen LogP) is 6.21. The van der Waals surface area contributed by atoms with E-state index in [-0.39, 0.29) is 24.7 Å². The number of halogens is 1. The molecule has 2 amide bonds. The molecule has 2 fully saturated rings. The van der Waals surface area contributed by atoms with Crippen molar-refractivity contribution >= 4 is 46.0 Å². The fraction of sp³-hybridized carbons (Fsp3) is 0.490. The van der Waals surface area contributed by atoms with E-state index in [1.54, 1.807) is 12.1 Å². The van der Waals surface area contributed by atoms with Crippen LogP contribution in [0.2, 0.25) is 5.02 Å². The fourth-order valence-electron chi connectivity index (χ4n) is 10.3. The lowest BCUT2D eigenvalue weighted by molar-refractivity contribution is -0.132. The SMILES string of the molecule is Cc1cc(OCCCc2c(C(=O)O)n(CCN3CCN(CCCOCCCNc4cccc5c4C(O)N(C4CCC(=O)NC4O)C5=O)CC3)c3c(-c4c(C)nn(C)c4C)cccc23)cc(C)c1Cl. The molecule has 68 heavy (non-hydrogen) atoms. The van der Waals surface area contributed by atoms with E-state index in [2.05, 4.69) is 39.5 Å². The Labute approximate surface area is 402 Å². The van der Waals surface area contributed by atoms with Crippen LogP contribution in [-0.2, 0) is 29.5 Å². The Morgan fingerprint density at radius 3 is 2.28 bits per heavy atom. The first-order valence-corrected chi connectivity index (χ1v) is 24.3. The van der Waals surface area contributed by atoms with Crippen LogP contribution in [0.25, 0.3) is 22.0 Å². The number of hydrogen-bond acceptors (Lipinski definition) is 11. The van der Waals surface area contributed by atoms with Crippen molar-refractivity contribution in [2.24, 2.45) is 7.05 Å². The van der Waals surface area contributed by atoms with E-state index in [0.717, 1.165) is 113 Å². The number of nitrogens with zero attached hydrogens (tertiary/aromatic N) is 6. The van der Waals surface area contributed by atoms with Gasteiger partial charge in [-0.3, -0.25) is 19.2 Å². The zero-order chi connectivity index (χ0) is 48.2. The van der Waals surface area contributed by atoms with Crippen LogP contribution in [0.5, 0.6) is 5.75 Å². The summed E-state index contributed by atoms with van der Waals surface area (Å²) in [4.78, 5) is 44.4. The van der Waals surface area contributed by atoms with E-state index in [0.29, 0.717) is 68.3 Å². The second kappa shape index (κ2) is 21.4. The lowest BCUT2D eigenvalue weighted by Crippen LogP contribution is -2.56. The van der Waals surface area contributed by atoms with E-state index in [1.165, 1.54) is 4.90 Å². The number of carboxylic acid groups (broad SMARTS) is 1. The van der Waals surface area contributed by atoms with Crippen molar-refractivity contribution in [1.29, 1.82) is 0 Å². The van der Waals surface area contributed by atoms with Gasteiger partial charge in [0.05, 0.1) is 23.9 Å². The number of fused-ring (bicyclic) bond motifs is 2. The van der Waals surface area contributed by atoms with E-state index in [1.807, 2.05) is 61.3 Å². The minimum Gasteiger partial charge on any atom is -0.494 e. The smallest absolute Gasteiger partial charge is 0.352 e. The minimum atomic E-state index is -1.24. The number of aromatic nitrogens is 3. The average Bonchev–Trinajstić information content (AvgIpc) is 3.87. The molecule has 3 unspecified atom stereocenters. The molecule has 3 aliphatic rings. The maximum Gasteiger partial charge on any atom is 0.352 e. The number of rotatable bonds is 20. The standard InChI is InChI=1S/C51H65ClN8O8/c1-31-29-35(30-32(2)45(31)52)68-28-8-14-37-36-11-6-12-38(43-33(3)55-56(5)34(43)4)46(36)59(47(37)51(65)66)25-24-58-22-20-57(21-23-58)19-10-27-67-26-9-18-53-40-15-7-13-39-44(40)50(64)60(49(39)63)41-16-17-42(61)54-48(41)62/h6-7,11-13,15,29-30,41,48,50,53,62,64H,8-10,14,16-28H2,1-5H3,(H,54,61)(H,65,66). The highest BCUT2D eigenvalue weighted by atomic mass is 35.5. The lowest BCUT2D eigenvalue weighted by Gasteiger charge is -2.37. The monoisotopic (exact) mass is 952 g/mol. The summed E-state index contributed by atoms with van der Waals surface area (Å²) in [7, 11) is 1.94. The van der Waals surface area contributed by atoms with Gasteiger partial charge in [-0.15, -0.1) is 0 Å². The third-order valence-electron chi connectivity index (χ3n) is 13.9. The second-order valence-corrected chi connectivity index (χ2v) is 18.8. The second-order valence-electron chi connectivity index (χ2n) is 18.4. The molecular formula is C51H65ClN8O8. The number of carbonyl (C=O) groups excluding carboxylic acids is 2. The Hall–Kier alpha value is -5.49. The van der Waals surface area contributed by atoms with Crippen LogP contribution in [-0.4, -0.2) is 140 Å². The first kappa shape index (κ1) is 48.9. The van der Waals surface area contributed by atoms with Crippen molar-refractivity contribution in [3.05, 3.63) is 98.5 Å². The van der Waals surface area contributed by atoms with E-state index >= 15 is 0 Å². The molecule has 0 spiro atoms. The summed E-state index contributed by atoms with van der Waals surface area (Å²) in [6, 6.07) is 14.6. The zero-order valence-corrected chi connectivity index (χ0v) is 40.6. The number of para-hydroxylation sites is 1. The van der Waals surface area contributed by atoms with Gasteiger partial charge in [0.15, 0.2) is 6.23 Å². The van der Waals surface area contributed by atoms with Gasteiger partial charge in [0.2, 0.25) is 5.91 Å². The lowest BCUT2D eigenvalue weighted by atomic mass is 9.98. The number of aliphatic hydroxyl groups is 2. The highest BCUT2D eigenvalue weighted by molar-refractivity contribution is 6.32. The van der Waals surface area contributed by atoms with Crippen LogP contribution in [0.4, 0.5) is 5.69 Å². The topological polar surface area (TPSA) is 187 Å². The number of aromatic carboxylic acids is 1. The number of carbonyl (C=O) groups is 3. The molecule has 5 N–H and O–H groups in total. The maximum absolute atomic E-state index is 13.3. The van der Waals surface area contributed by atoms with Crippen molar-refractivity contribution in [2.45, 2.75) is 91.3 Å². The van der Waals surface area contributed by atoms with Gasteiger partial charge in [0.25, 0.3) is 5.91 Å². The summed E-state index contributed by atoms with van der Waals surface area (Å²) < 4.78 is 16.1. The Kier molecular flexibility index (Phi) is 15.4. The molecule has 364 valence electrons. The Balaban J connectivity index is 0.821. The van der Waals surface area contributed by atoms with Crippen LogP contribution in [0.1, 0.15) is 92.8 Å². The molecule has 3 aromatic carbocycles. The van der Waals surface area contributed by atoms with Crippen LogP contribution >= 0.6 is 11.6 Å². The molecule has 0 radical (unpaired) electrons. The Morgan fingerprint density at radius 2 is 1.59 bits per heavy atom. The molecule has 17 heteroatoms. The van der Waals surface area contributed by atoms with Crippen molar-refractivity contribution < 1.29 is 39.2 Å². The molecule has 2 aromatic heterocycles. The van der Waals surface area contributed by atoms with Crippen LogP contribution in [0.3, 0.4) is 0 Å². The number of aryl methyl sites for hydroxylation is 5. The summed E-state index contributed by atoms with van der Waals surface area (Å²) in [5.41, 5.74) is 9.48. The Morgan fingerprint density at radius 1 is 0.897 bits per heavy atom. The fourth-order valence-corrected chi connectivity index (χ4v) is 10.4. The van der Waals surface area contributed by atoms with Crippen molar-refractivity contribution in [3.63, 3.8) is 0 Å². The molecule has 5 heterocycles. The van der Waals surface area contributed by atoms with Crippen molar-refractivity contribution in [2.75, 3.05) is 71.0 Å². The molecule has 8 rings (SSSR count). The van der Waals surface area contributed by atoms with Gasteiger partial charge in [-0.1, -0.05) is 35.9 Å². The Bertz CT molecular complexity index is 2630. The summed E-state index contributed by atoms with van der Waals surface area (Å²) in [6.45, 7) is 16.0. The maximum atomic E-state index is 13.3. The first-order chi connectivity index (χ1) is 32.7. The molecule has 0 aliphatic carbocycles. The zero-order valence-electron chi connectivity index (χ0n) is 39.8. The number of piperazine rings is 1. The van der Waals surface area contributed by atoms with Crippen LogP contribution in [0.15, 0.2) is 48.5 Å². The molecule has 5 aromatic rings.